The molecule has 0 saturated carbocycles. The van der Waals surface area contributed by atoms with Crippen molar-refractivity contribution in [3.63, 3.8) is 0 Å². The van der Waals surface area contributed by atoms with Gasteiger partial charge in [-0.2, -0.15) is 0 Å². The lowest BCUT2D eigenvalue weighted by atomic mass is 9.94. The van der Waals surface area contributed by atoms with Crippen LogP contribution in [-0.4, -0.2) is 35.4 Å². The number of nitro benzene ring substituents is 1. The van der Waals surface area contributed by atoms with Crippen LogP contribution in [0.4, 0.5) is 11.4 Å². The number of carbonyl (C=O) groups excluding carboxylic acids is 1. The van der Waals surface area contributed by atoms with Crippen LogP contribution in [0.25, 0.3) is 0 Å². The van der Waals surface area contributed by atoms with Crippen LogP contribution in [-0.2, 0) is 0 Å². The van der Waals surface area contributed by atoms with E-state index >= 15 is 0 Å². The highest BCUT2D eigenvalue weighted by atomic mass is 16.6. The molecule has 0 fully saturated rings. The number of hydrogen-bond donors (Lipinski definition) is 1. The minimum absolute atomic E-state index is 0.0153. The molecule has 0 aliphatic rings. The molecule has 0 aliphatic carbocycles. The number of hydrogen-bond acceptors (Lipinski definition) is 4. The average molecular weight is 293 g/mol. The van der Waals surface area contributed by atoms with Crippen molar-refractivity contribution >= 4 is 17.3 Å². The van der Waals surface area contributed by atoms with E-state index in [1.54, 1.807) is 20.2 Å². The lowest BCUT2D eigenvalue weighted by Crippen LogP contribution is -2.33. The summed E-state index contributed by atoms with van der Waals surface area (Å²) in [5, 5.41) is 14.4. The van der Waals surface area contributed by atoms with Crippen LogP contribution >= 0.6 is 0 Å². The third-order valence-electron chi connectivity index (χ3n) is 3.84. The fraction of sp³-hybridized carbons (Fsp3) is 0.533. The number of rotatable bonds is 6. The van der Waals surface area contributed by atoms with E-state index in [2.05, 4.69) is 5.32 Å². The first-order chi connectivity index (χ1) is 9.74. The van der Waals surface area contributed by atoms with Crippen molar-refractivity contribution in [2.24, 2.45) is 0 Å². The van der Waals surface area contributed by atoms with Crippen LogP contribution in [0.15, 0.2) is 18.2 Å². The summed E-state index contributed by atoms with van der Waals surface area (Å²) in [5.74, 6) is -0.178. The minimum Gasteiger partial charge on any atom is -0.374 e. The number of nitrogens with one attached hydrogen (secondary N) is 1. The van der Waals surface area contributed by atoms with Crippen LogP contribution in [0.2, 0.25) is 0 Å². The zero-order chi connectivity index (χ0) is 16.2. The molecule has 1 aromatic rings. The molecule has 1 aromatic carbocycles. The molecular formula is C15H23N3O3. The molecule has 0 aromatic heterocycles. The lowest BCUT2D eigenvalue weighted by Gasteiger charge is -2.29. The molecule has 0 unspecified atom stereocenters. The Bertz CT molecular complexity index is 537. The summed E-state index contributed by atoms with van der Waals surface area (Å²) in [6, 6.07) is 4.43. The van der Waals surface area contributed by atoms with E-state index in [-0.39, 0.29) is 17.1 Å². The maximum Gasteiger partial charge on any atom is 0.292 e. The number of nitrogens with zero attached hydrogens (tertiary/aromatic N) is 2. The Morgan fingerprint density at radius 1 is 1.33 bits per heavy atom. The predicted molar refractivity (Wildman–Crippen MR) is 83.7 cm³/mol. The number of anilines is 1. The molecule has 0 aliphatic heterocycles. The molecule has 6 nitrogen and oxygen atoms in total. The fourth-order valence-electron chi connectivity index (χ4n) is 1.94. The molecule has 0 heterocycles. The SMILES string of the molecule is CCC(C)(CC)Nc1cc(C(=O)N(C)C)ccc1[N+](=O)[O-]. The van der Waals surface area contributed by atoms with Gasteiger partial charge in [0.05, 0.1) is 4.92 Å². The van der Waals surface area contributed by atoms with Crippen molar-refractivity contribution in [1.82, 2.24) is 4.90 Å². The summed E-state index contributed by atoms with van der Waals surface area (Å²) < 4.78 is 0. The largest absolute Gasteiger partial charge is 0.374 e. The van der Waals surface area contributed by atoms with Crippen molar-refractivity contribution in [1.29, 1.82) is 0 Å². The molecule has 0 bridgehead atoms. The first-order valence-corrected chi connectivity index (χ1v) is 7.02. The van der Waals surface area contributed by atoms with E-state index in [9.17, 15) is 14.9 Å². The zero-order valence-corrected chi connectivity index (χ0v) is 13.3. The topological polar surface area (TPSA) is 75.5 Å². The van der Waals surface area contributed by atoms with Crippen molar-refractivity contribution in [2.45, 2.75) is 39.2 Å². The fourth-order valence-corrected chi connectivity index (χ4v) is 1.94. The molecule has 6 heteroatoms. The average Bonchev–Trinajstić information content (AvgIpc) is 2.45. The van der Waals surface area contributed by atoms with Crippen LogP contribution in [0.1, 0.15) is 44.0 Å². The Labute approximate surface area is 125 Å². The summed E-state index contributed by atoms with van der Waals surface area (Å²) in [6.45, 7) is 6.06. The highest BCUT2D eigenvalue weighted by molar-refractivity contribution is 5.95. The van der Waals surface area contributed by atoms with Crippen molar-refractivity contribution in [3.8, 4) is 0 Å². The first-order valence-electron chi connectivity index (χ1n) is 7.02. The van der Waals surface area contributed by atoms with Gasteiger partial charge in [-0.25, -0.2) is 0 Å². The first kappa shape index (κ1) is 16.9. The van der Waals surface area contributed by atoms with Gasteiger partial charge in [-0.3, -0.25) is 14.9 Å². The Kier molecular flexibility index (Phi) is 5.29. The Morgan fingerprint density at radius 3 is 2.33 bits per heavy atom. The van der Waals surface area contributed by atoms with Crippen LogP contribution in [0.5, 0.6) is 0 Å². The molecule has 116 valence electrons. The molecule has 0 saturated heterocycles. The van der Waals surface area contributed by atoms with Gasteiger partial charge in [0.25, 0.3) is 11.6 Å². The molecule has 1 rings (SSSR count). The van der Waals surface area contributed by atoms with Gasteiger partial charge in [-0.1, -0.05) is 13.8 Å². The van der Waals surface area contributed by atoms with Gasteiger partial charge in [-0.15, -0.1) is 0 Å². The monoisotopic (exact) mass is 293 g/mol. The molecule has 21 heavy (non-hydrogen) atoms. The van der Waals surface area contributed by atoms with E-state index in [1.165, 1.54) is 17.0 Å². The van der Waals surface area contributed by atoms with E-state index < -0.39 is 4.92 Å². The maximum absolute atomic E-state index is 12.0. The van der Waals surface area contributed by atoms with Gasteiger partial charge in [0.2, 0.25) is 0 Å². The summed E-state index contributed by atoms with van der Waals surface area (Å²) in [7, 11) is 3.30. The highest BCUT2D eigenvalue weighted by Gasteiger charge is 2.25. The number of amides is 1. The van der Waals surface area contributed by atoms with Gasteiger partial charge in [0.15, 0.2) is 0 Å². The summed E-state index contributed by atoms with van der Waals surface area (Å²) in [5.41, 5.74) is 0.560. The predicted octanol–water partition coefficient (Wildman–Crippen LogP) is 3.29. The standard InChI is InChI=1S/C15H23N3O3/c1-6-15(3,7-2)16-12-10-11(14(19)17(4)5)8-9-13(12)18(20)21/h8-10,16H,6-7H2,1-5H3. The van der Waals surface area contributed by atoms with E-state index in [0.717, 1.165) is 12.8 Å². The van der Waals surface area contributed by atoms with Gasteiger partial charge in [0, 0.05) is 31.3 Å². The third-order valence-corrected chi connectivity index (χ3v) is 3.84. The second-order valence-corrected chi connectivity index (χ2v) is 5.58. The van der Waals surface area contributed by atoms with E-state index in [1.807, 2.05) is 20.8 Å². The second-order valence-electron chi connectivity index (χ2n) is 5.58. The number of nitro groups is 1. The quantitative estimate of drug-likeness (QED) is 0.645. The van der Waals surface area contributed by atoms with Gasteiger partial charge in [0.1, 0.15) is 5.69 Å². The van der Waals surface area contributed by atoms with Gasteiger partial charge < -0.3 is 10.2 Å². The number of carbonyl (C=O) groups is 1. The zero-order valence-electron chi connectivity index (χ0n) is 13.3. The molecule has 0 radical (unpaired) electrons. The normalized spacial score (nSPS) is 11.1. The maximum atomic E-state index is 12.0. The lowest BCUT2D eigenvalue weighted by molar-refractivity contribution is -0.384. The van der Waals surface area contributed by atoms with Crippen molar-refractivity contribution < 1.29 is 9.72 Å². The van der Waals surface area contributed by atoms with E-state index in [4.69, 9.17) is 0 Å². The minimum atomic E-state index is -0.433. The Hall–Kier alpha value is -2.11. The summed E-state index contributed by atoms with van der Waals surface area (Å²) in [6.07, 6.45) is 1.65. The molecule has 1 N–H and O–H groups in total. The smallest absolute Gasteiger partial charge is 0.292 e. The van der Waals surface area contributed by atoms with Gasteiger partial charge in [-0.05, 0) is 31.9 Å². The molecule has 1 amide bonds. The molecular weight excluding hydrogens is 270 g/mol. The molecule has 0 spiro atoms. The molecule has 0 atom stereocenters. The van der Waals surface area contributed by atoms with Crippen LogP contribution < -0.4 is 5.32 Å². The van der Waals surface area contributed by atoms with Gasteiger partial charge >= 0.3 is 0 Å². The number of benzene rings is 1. The van der Waals surface area contributed by atoms with E-state index in [0.29, 0.717) is 11.3 Å². The van der Waals surface area contributed by atoms with Crippen LogP contribution in [0, 0.1) is 10.1 Å². The van der Waals surface area contributed by atoms with Crippen molar-refractivity contribution in [2.75, 3.05) is 19.4 Å². The summed E-state index contributed by atoms with van der Waals surface area (Å²) in [4.78, 5) is 24.2. The Morgan fingerprint density at radius 2 is 1.90 bits per heavy atom. The highest BCUT2D eigenvalue weighted by Crippen LogP contribution is 2.30. The van der Waals surface area contributed by atoms with Crippen molar-refractivity contribution in [3.05, 3.63) is 33.9 Å². The third kappa shape index (κ3) is 3.93. The van der Waals surface area contributed by atoms with Crippen LogP contribution in [0.3, 0.4) is 0 Å². The summed E-state index contributed by atoms with van der Waals surface area (Å²) >= 11 is 0. The second kappa shape index (κ2) is 6.56. The Balaban J connectivity index is 3.28.